The summed E-state index contributed by atoms with van der Waals surface area (Å²) in [5, 5.41) is 9.10. The van der Waals surface area contributed by atoms with E-state index in [4.69, 9.17) is 14.2 Å². The molecule has 0 atom stereocenters. The third-order valence-corrected chi connectivity index (χ3v) is 6.23. The van der Waals surface area contributed by atoms with Gasteiger partial charge in [0.2, 0.25) is 0 Å². The fourth-order valence-electron chi connectivity index (χ4n) is 3.08. The Morgan fingerprint density at radius 2 is 1.62 bits per heavy atom. The zero-order chi connectivity index (χ0) is 28.2. The maximum absolute atomic E-state index is 12.3. The number of hydrazone groups is 1. The van der Waals surface area contributed by atoms with Gasteiger partial charge in [-0.2, -0.15) is 5.10 Å². The highest BCUT2D eigenvalue weighted by molar-refractivity contribution is 14.1. The molecule has 10 nitrogen and oxygen atoms in total. The van der Waals surface area contributed by atoms with Crippen LogP contribution in [0.1, 0.15) is 18.9 Å². The number of methoxy groups -OCH3 is 1. The summed E-state index contributed by atoms with van der Waals surface area (Å²) in [7, 11) is 1.47. The monoisotopic (exact) mass is 708 g/mol. The van der Waals surface area contributed by atoms with Crippen LogP contribution < -0.4 is 30.3 Å². The van der Waals surface area contributed by atoms with Crippen molar-refractivity contribution in [2.24, 2.45) is 5.10 Å². The smallest absolute Gasteiger partial charge is 0.329 e. The Bertz CT molecular complexity index is 1330. The van der Waals surface area contributed by atoms with Crippen molar-refractivity contribution < 1.29 is 28.6 Å². The van der Waals surface area contributed by atoms with Gasteiger partial charge in [-0.15, -0.1) is 0 Å². The number of hydrogen-bond donors (Lipinski definition) is 3. The van der Waals surface area contributed by atoms with Crippen LogP contribution >= 0.6 is 38.5 Å². The molecule has 0 heterocycles. The lowest BCUT2D eigenvalue weighted by atomic mass is 10.2. The quantitative estimate of drug-likeness (QED) is 0.112. The molecule has 0 aliphatic heterocycles. The Balaban J connectivity index is 1.53. The van der Waals surface area contributed by atoms with Gasteiger partial charge in [0, 0.05) is 15.8 Å². The molecule has 0 spiro atoms. The zero-order valence-electron chi connectivity index (χ0n) is 21.1. The number of anilines is 2. The lowest BCUT2D eigenvalue weighted by Gasteiger charge is -2.13. The average molecular weight is 709 g/mol. The van der Waals surface area contributed by atoms with Crippen molar-refractivity contribution in [1.82, 2.24) is 5.43 Å². The summed E-state index contributed by atoms with van der Waals surface area (Å²) in [5.74, 6) is -0.703. The molecule has 204 valence electrons. The van der Waals surface area contributed by atoms with Gasteiger partial charge in [0.05, 0.1) is 23.5 Å². The summed E-state index contributed by atoms with van der Waals surface area (Å²) in [4.78, 5) is 36.6. The fraction of sp³-hybridized carbons (Fsp3) is 0.185. The second-order valence-electron chi connectivity index (χ2n) is 7.90. The standard InChI is InChI=1S/C27H26BrIN4O6/c1-3-12-38-21-10-8-20(9-11-21)32-26(35)27(36)33-30-15-17-13-22(29)25(23(14-17)37-2)39-16-24(34)31-19-6-4-18(28)5-7-19/h4-11,13-15H,3,12,16H2,1-2H3,(H,31,34)(H,32,35)(H,33,36)/b30-15-. The Morgan fingerprint density at radius 3 is 2.28 bits per heavy atom. The van der Waals surface area contributed by atoms with Crippen LogP contribution in [0.4, 0.5) is 11.4 Å². The van der Waals surface area contributed by atoms with E-state index in [9.17, 15) is 14.4 Å². The average Bonchev–Trinajstić information content (AvgIpc) is 2.93. The summed E-state index contributed by atoms with van der Waals surface area (Å²) in [6.07, 6.45) is 2.25. The molecule has 0 radical (unpaired) electrons. The minimum atomic E-state index is -0.934. The van der Waals surface area contributed by atoms with Crippen LogP contribution in [0.2, 0.25) is 0 Å². The van der Waals surface area contributed by atoms with Crippen molar-refractivity contribution in [2.75, 3.05) is 31.0 Å². The van der Waals surface area contributed by atoms with E-state index in [1.807, 2.05) is 41.6 Å². The van der Waals surface area contributed by atoms with Crippen LogP contribution in [-0.4, -0.2) is 44.3 Å². The van der Waals surface area contributed by atoms with E-state index in [-0.39, 0.29) is 12.5 Å². The van der Waals surface area contributed by atoms with Crippen LogP contribution in [0.5, 0.6) is 17.2 Å². The molecular formula is C27H26BrIN4O6. The molecule has 0 bridgehead atoms. The molecule has 0 unspecified atom stereocenters. The Morgan fingerprint density at radius 1 is 0.949 bits per heavy atom. The topological polar surface area (TPSA) is 127 Å². The van der Waals surface area contributed by atoms with E-state index in [0.717, 1.165) is 10.9 Å². The maximum atomic E-state index is 12.3. The predicted octanol–water partition coefficient (Wildman–Crippen LogP) is 4.96. The third kappa shape index (κ3) is 9.55. The predicted molar refractivity (Wildman–Crippen MR) is 161 cm³/mol. The molecular weight excluding hydrogens is 683 g/mol. The van der Waals surface area contributed by atoms with Gasteiger partial charge < -0.3 is 24.8 Å². The highest BCUT2D eigenvalue weighted by Gasteiger charge is 2.15. The Hall–Kier alpha value is -3.65. The molecule has 3 aromatic rings. The molecule has 0 fully saturated rings. The van der Waals surface area contributed by atoms with Gasteiger partial charge in [0.15, 0.2) is 18.1 Å². The first-order chi connectivity index (χ1) is 18.8. The van der Waals surface area contributed by atoms with Gasteiger partial charge in [-0.1, -0.05) is 22.9 Å². The summed E-state index contributed by atoms with van der Waals surface area (Å²) in [6.45, 7) is 2.37. The van der Waals surface area contributed by atoms with Gasteiger partial charge >= 0.3 is 11.8 Å². The van der Waals surface area contributed by atoms with Crippen molar-refractivity contribution in [3.8, 4) is 17.2 Å². The van der Waals surface area contributed by atoms with E-state index in [2.05, 4.69) is 37.1 Å². The lowest BCUT2D eigenvalue weighted by Crippen LogP contribution is -2.32. The molecule has 0 saturated carbocycles. The van der Waals surface area contributed by atoms with Crippen molar-refractivity contribution in [2.45, 2.75) is 13.3 Å². The number of nitrogens with one attached hydrogen (secondary N) is 3. The maximum Gasteiger partial charge on any atom is 0.329 e. The van der Waals surface area contributed by atoms with Crippen LogP contribution in [0.15, 0.2) is 70.2 Å². The first-order valence-electron chi connectivity index (χ1n) is 11.7. The van der Waals surface area contributed by atoms with E-state index in [0.29, 0.717) is 44.4 Å². The lowest BCUT2D eigenvalue weighted by molar-refractivity contribution is -0.136. The van der Waals surface area contributed by atoms with Crippen molar-refractivity contribution >= 4 is 73.8 Å². The first kappa shape index (κ1) is 29.9. The van der Waals surface area contributed by atoms with E-state index < -0.39 is 11.8 Å². The van der Waals surface area contributed by atoms with Crippen molar-refractivity contribution in [3.63, 3.8) is 0 Å². The molecule has 3 N–H and O–H groups in total. The number of hydrogen-bond acceptors (Lipinski definition) is 7. The Kier molecular flexibility index (Phi) is 11.6. The summed E-state index contributed by atoms with van der Waals surface area (Å²) >= 11 is 5.39. The number of carbonyl (C=O) groups is 3. The molecule has 39 heavy (non-hydrogen) atoms. The van der Waals surface area contributed by atoms with Crippen molar-refractivity contribution in [3.05, 3.63) is 74.3 Å². The molecule has 0 saturated heterocycles. The number of carbonyl (C=O) groups excluding carboxylic acids is 3. The van der Waals surface area contributed by atoms with Gasteiger partial charge in [-0.25, -0.2) is 5.43 Å². The summed E-state index contributed by atoms with van der Waals surface area (Å²) in [6, 6.07) is 17.2. The number of rotatable bonds is 11. The van der Waals surface area contributed by atoms with E-state index in [1.54, 1.807) is 48.5 Å². The molecule has 0 aromatic heterocycles. The second-order valence-corrected chi connectivity index (χ2v) is 9.98. The number of halogens is 2. The minimum absolute atomic E-state index is 0.227. The largest absolute Gasteiger partial charge is 0.494 e. The highest BCUT2D eigenvalue weighted by atomic mass is 127. The molecule has 3 rings (SSSR count). The highest BCUT2D eigenvalue weighted by Crippen LogP contribution is 2.33. The van der Waals surface area contributed by atoms with Crippen molar-refractivity contribution in [1.29, 1.82) is 0 Å². The number of amides is 3. The summed E-state index contributed by atoms with van der Waals surface area (Å²) in [5.41, 5.74) is 3.86. The van der Waals surface area contributed by atoms with Crippen LogP contribution in [0.25, 0.3) is 0 Å². The number of benzene rings is 3. The zero-order valence-corrected chi connectivity index (χ0v) is 24.9. The minimum Gasteiger partial charge on any atom is -0.494 e. The fourth-order valence-corrected chi connectivity index (χ4v) is 4.13. The normalized spacial score (nSPS) is 10.6. The van der Waals surface area contributed by atoms with Crippen LogP contribution in [0, 0.1) is 3.57 Å². The second kappa shape index (κ2) is 15.1. The number of ether oxygens (including phenoxy) is 3. The van der Waals surface area contributed by atoms with Crippen LogP contribution in [-0.2, 0) is 14.4 Å². The van der Waals surface area contributed by atoms with Crippen LogP contribution in [0.3, 0.4) is 0 Å². The first-order valence-corrected chi connectivity index (χ1v) is 13.6. The SMILES string of the molecule is CCCOc1ccc(NC(=O)C(=O)N/N=C\c2cc(I)c(OCC(=O)Nc3ccc(Br)cc3)c(OC)c2)cc1. The van der Waals surface area contributed by atoms with Gasteiger partial charge in [-0.05, 0) is 95.2 Å². The van der Waals surface area contributed by atoms with Gasteiger partial charge in [-0.3, -0.25) is 14.4 Å². The third-order valence-electron chi connectivity index (χ3n) is 4.90. The summed E-state index contributed by atoms with van der Waals surface area (Å²) < 4.78 is 18.2. The van der Waals surface area contributed by atoms with Gasteiger partial charge in [0.1, 0.15) is 5.75 Å². The molecule has 0 aliphatic rings. The van der Waals surface area contributed by atoms with E-state index in [1.165, 1.54) is 13.3 Å². The molecule has 3 aromatic carbocycles. The number of nitrogens with zero attached hydrogens (tertiary/aromatic N) is 1. The molecule has 0 aliphatic carbocycles. The van der Waals surface area contributed by atoms with E-state index >= 15 is 0 Å². The molecule has 3 amide bonds. The Labute approximate surface area is 247 Å². The molecule has 12 heteroatoms. The van der Waals surface area contributed by atoms with Gasteiger partial charge in [0.25, 0.3) is 5.91 Å².